The number of rotatable bonds is 3. The van der Waals surface area contributed by atoms with Crippen molar-refractivity contribution in [2.45, 2.75) is 70.8 Å². The van der Waals surface area contributed by atoms with Crippen molar-refractivity contribution in [2.75, 3.05) is 6.54 Å². The van der Waals surface area contributed by atoms with Crippen LogP contribution in [0.5, 0.6) is 0 Å². The van der Waals surface area contributed by atoms with Gasteiger partial charge in [-0.25, -0.2) is 0 Å². The highest BCUT2D eigenvalue weighted by molar-refractivity contribution is 5.35. The summed E-state index contributed by atoms with van der Waals surface area (Å²) < 4.78 is 0. The monoisotopic (exact) mass is 271 g/mol. The molecule has 0 aromatic heterocycles. The van der Waals surface area contributed by atoms with E-state index in [1.807, 2.05) is 0 Å². The second-order valence-corrected chi connectivity index (χ2v) is 8.46. The number of benzene rings is 1. The molecule has 1 aromatic carbocycles. The summed E-state index contributed by atoms with van der Waals surface area (Å²) in [6, 6.07) is 9.21. The Morgan fingerprint density at radius 2 is 1.85 bits per heavy atom. The van der Waals surface area contributed by atoms with Gasteiger partial charge < -0.3 is 5.32 Å². The predicted molar refractivity (Wildman–Crippen MR) is 86.1 cm³/mol. The van der Waals surface area contributed by atoms with Crippen LogP contribution in [0.2, 0.25) is 0 Å². The Morgan fingerprint density at radius 3 is 2.35 bits per heavy atom. The number of aryl methyl sites for hydroxylation is 1. The topological polar surface area (TPSA) is 12.0 Å². The van der Waals surface area contributed by atoms with Gasteiger partial charge in [0.15, 0.2) is 0 Å². The Balaban J connectivity index is 1.81. The summed E-state index contributed by atoms with van der Waals surface area (Å²) in [7, 11) is 0. The molecule has 0 bridgehead atoms. The third-order valence-corrected chi connectivity index (χ3v) is 5.43. The van der Waals surface area contributed by atoms with Gasteiger partial charge in [-0.05, 0) is 64.4 Å². The zero-order valence-electron chi connectivity index (χ0n) is 13.6. The van der Waals surface area contributed by atoms with E-state index in [0.29, 0.717) is 10.8 Å². The van der Waals surface area contributed by atoms with Crippen LogP contribution in [0.1, 0.15) is 64.0 Å². The molecule has 2 fully saturated rings. The smallest absolute Gasteiger partial charge is 0.00968 e. The summed E-state index contributed by atoms with van der Waals surface area (Å²) in [6.45, 7) is 10.2. The van der Waals surface area contributed by atoms with Gasteiger partial charge in [0.2, 0.25) is 0 Å². The molecule has 0 aliphatic heterocycles. The van der Waals surface area contributed by atoms with E-state index in [1.54, 1.807) is 5.56 Å². The molecule has 0 amide bonds. The highest BCUT2D eigenvalue weighted by atomic mass is 15.0. The Morgan fingerprint density at radius 1 is 1.15 bits per heavy atom. The largest absolute Gasteiger partial charge is 0.311 e. The van der Waals surface area contributed by atoms with Crippen LogP contribution >= 0.6 is 0 Å². The van der Waals surface area contributed by atoms with E-state index < -0.39 is 0 Å². The molecule has 0 radical (unpaired) electrons. The van der Waals surface area contributed by atoms with Crippen LogP contribution in [0.25, 0.3) is 0 Å². The Kier molecular flexibility index (Phi) is 3.25. The first kappa shape index (κ1) is 14.1. The van der Waals surface area contributed by atoms with Crippen molar-refractivity contribution in [3.05, 3.63) is 35.4 Å². The van der Waals surface area contributed by atoms with E-state index in [0.717, 1.165) is 6.54 Å². The maximum absolute atomic E-state index is 3.77. The third-order valence-electron chi connectivity index (χ3n) is 5.43. The quantitative estimate of drug-likeness (QED) is 0.848. The van der Waals surface area contributed by atoms with Crippen molar-refractivity contribution in [3.8, 4) is 0 Å². The number of hydrogen-bond acceptors (Lipinski definition) is 1. The zero-order valence-corrected chi connectivity index (χ0v) is 13.6. The summed E-state index contributed by atoms with van der Waals surface area (Å²) >= 11 is 0. The first-order valence-electron chi connectivity index (χ1n) is 8.15. The fraction of sp³-hybridized carbons (Fsp3) is 0.684. The molecule has 2 aliphatic carbocycles. The molecule has 2 saturated carbocycles. The molecular formula is C19H29N. The molecule has 1 N–H and O–H groups in total. The molecule has 20 heavy (non-hydrogen) atoms. The van der Waals surface area contributed by atoms with Crippen LogP contribution in [0, 0.1) is 12.3 Å². The Labute approximate surface area is 124 Å². The van der Waals surface area contributed by atoms with Crippen molar-refractivity contribution >= 4 is 0 Å². The molecule has 1 aromatic rings. The lowest BCUT2D eigenvalue weighted by Crippen LogP contribution is -2.59. The summed E-state index contributed by atoms with van der Waals surface area (Å²) in [5.41, 5.74) is 4.27. The summed E-state index contributed by atoms with van der Waals surface area (Å²) in [6.07, 6.45) is 7.18. The van der Waals surface area contributed by atoms with Crippen LogP contribution in [-0.4, -0.2) is 12.1 Å². The minimum atomic E-state index is 0.208. The van der Waals surface area contributed by atoms with Crippen molar-refractivity contribution in [2.24, 2.45) is 5.41 Å². The first-order valence-corrected chi connectivity index (χ1v) is 8.15. The van der Waals surface area contributed by atoms with Gasteiger partial charge in [-0.2, -0.15) is 0 Å². The number of nitrogens with one attached hydrogen (secondary N) is 1. The minimum Gasteiger partial charge on any atom is -0.311 e. The van der Waals surface area contributed by atoms with Crippen LogP contribution in [-0.2, 0) is 5.41 Å². The highest BCUT2D eigenvalue weighted by Gasteiger charge is 2.57. The van der Waals surface area contributed by atoms with Crippen LogP contribution < -0.4 is 5.32 Å². The van der Waals surface area contributed by atoms with E-state index in [2.05, 4.69) is 57.3 Å². The van der Waals surface area contributed by atoms with Gasteiger partial charge in [0, 0.05) is 17.5 Å². The van der Waals surface area contributed by atoms with E-state index in [1.165, 1.54) is 37.7 Å². The van der Waals surface area contributed by atoms with Gasteiger partial charge >= 0.3 is 0 Å². The lowest BCUT2D eigenvalue weighted by Gasteiger charge is -2.62. The lowest BCUT2D eigenvalue weighted by molar-refractivity contribution is -0.0503. The lowest BCUT2D eigenvalue weighted by atomic mass is 9.43. The SMILES string of the molecule is Cc1cccc(C2(CNC(C)(C)C)CC3(CCC3)C2)c1. The standard InChI is InChI=1S/C19H29N/c1-15-7-5-8-16(11-15)19(14-20-17(2,3)4)12-18(13-19)9-6-10-18/h5,7-8,11,20H,6,9-10,12-14H2,1-4H3. The van der Waals surface area contributed by atoms with Gasteiger partial charge in [0.05, 0.1) is 0 Å². The van der Waals surface area contributed by atoms with Gasteiger partial charge in [-0.15, -0.1) is 0 Å². The summed E-state index contributed by atoms with van der Waals surface area (Å²) in [5, 5.41) is 3.77. The van der Waals surface area contributed by atoms with E-state index in [9.17, 15) is 0 Å². The van der Waals surface area contributed by atoms with Gasteiger partial charge in [0.25, 0.3) is 0 Å². The molecule has 1 heteroatoms. The molecule has 2 aliphatic rings. The third kappa shape index (κ3) is 2.53. The normalized spacial score (nSPS) is 23.2. The van der Waals surface area contributed by atoms with Crippen LogP contribution in [0.15, 0.2) is 24.3 Å². The molecule has 0 saturated heterocycles. The zero-order chi connectivity index (χ0) is 14.4. The second-order valence-electron chi connectivity index (χ2n) is 8.46. The van der Waals surface area contributed by atoms with Crippen molar-refractivity contribution in [1.82, 2.24) is 5.32 Å². The summed E-state index contributed by atoms with van der Waals surface area (Å²) in [5.74, 6) is 0. The molecular weight excluding hydrogens is 242 g/mol. The molecule has 0 unspecified atom stereocenters. The van der Waals surface area contributed by atoms with E-state index >= 15 is 0 Å². The average Bonchev–Trinajstić information content (AvgIpc) is 2.24. The maximum atomic E-state index is 3.77. The predicted octanol–water partition coefficient (Wildman–Crippen LogP) is 4.59. The summed E-state index contributed by atoms with van der Waals surface area (Å²) in [4.78, 5) is 0. The van der Waals surface area contributed by atoms with Gasteiger partial charge in [0.1, 0.15) is 0 Å². The second kappa shape index (κ2) is 4.59. The molecule has 1 spiro atoms. The molecule has 0 atom stereocenters. The molecule has 1 nitrogen and oxygen atoms in total. The van der Waals surface area contributed by atoms with E-state index in [-0.39, 0.29) is 5.54 Å². The molecule has 0 heterocycles. The van der Waals surface area contributed by atoms with Gasteiger partial charge in [-0.3, -0.25) is 0 Å². The van der Waals surface area contributed by atoms with Crippen molar-refractivity contribution in [3.63, 3.8) is 0 Å². The Hall–Kier alpha value is -0.820. The molecule has 110 valence electrons. The van der Waals surface area contributed by atoms with Crippen LogP contribution in [0.3, 0.4) is 0 Å². The molecule has 3 rings (SSSR count). The van der Waals surface area contributed by atoms with Gasteiger partial charge in [-0.1, -0.05) is 36.2 Å². The average molecular weight is 271 g/mol. The van der Waals surface area contributed by atoms with Crippen molar-refractivity contribution in [1.29, 1.82) is 0 Å². The van der Waals surface area contributed by atoms with E-state index in [4.69, 9.17) is 0 Å². The Bertz CT molecular complexity index is 483. The highest BCUT2D eigenvalue weighted by Crippen LogP contribution is 2.64. The number of hydrogen-bond donors (Lipinski definition) is 1. The van der Waals surface area contributed by atoms with Crippen LogP contribution in [0.4, 0.5) is 0 Å². The van der Waals surface area contributed by atoms with Crippen molar-refractivity contribution < 1.29 is 0 Å². The minimum absolute atomic E-state index is 0.208. The fourth-order valence-corrected chi connectivity index (χ4v) is 4.25. The first-order chi connectivity index (χ1) is 9.33. The maximum Gasteiger partial charge on any atom is 0.00968 e. The fourth-order valence-electron chi connectivity index (χ4n) is 4.25.